The van der Waals surface area contributed by atoms with Crippen LogP contribution < -0.4 is 16.2 Å². The summed E-state index contributed by atoms with van der Waals surface area (Å²) < 4.78 is 23.3. The molecule has 5 nitrogen and oxygen atoms in total. The Morgan fingerprint density at radius 3 is 2.58 bits per heavy atom. The molecule has 1 heterocycles. The number of halogens is 1. The van der Waals surface area contributed by atoms with Gasteiger partial charge in [-0.05, 0) is 30.3 Å². The number of rotatable bonds is 4. The lowest BCUT2D eigenvalue weighted by Gasteiger charge is -2.08. The summed E-state index contributed by atoms with van der Waals surface area (Å²) in [5, 5.41) is 8.16. The van der Waals surface area contributed by atoms with Crippen molar-refractivity contribution in [2.75, 3.05) is 11.1 Å². The van der Waals surface area contributed by atoms with Gasteiger partial charge in [0.1, 0.15) is 0 Å². The van der Waals surface area contributed by atoms with E-state index in [1.807, 2.05) is 6.07 Å². The minimum Gasteiger partial charge on any atom is -0.399 e. The molecule has 0 bridgehead atoms. The molecule has 19 heavy (non-hydrogen) atoms. The summed E-state index contributed by atoms with van der Waals surface area (Å²) in [6, 6.07) is 8.11. The summed E-state index contributed by atoms with van der Waals surface area (Å²) in [4.78, 5) is 1.02. The van der Waals surface area contributed by atoms with Gasteiger partial charge in [0.15, 0.2) is 0 Å². The summed E-state index contributed by atoms with van der Waals surface area (Å²) in [6.45, 7) is 0.533. The van der Waals surface area contributed by atoms with Gasteiger partial charge >= 0.3 is 0 Å². The van der Waals surface area contributed by atoms with Crippen molar-refractivity contribution in [3.63, 3.8) is 0 Å². The van der Waals surface area contributed by atoms with E-state index in [9.17, 15) is 8.42 Å². The van der Waals surface area contributed by atoms with Gasteiger partial charge < -0.3 is 11.1 Å². The number of sulfonamides is 1. The van der Waals surface area contributed by atoms with Crippen molar-refractivity contribution >= 4 is 44.3 Å². The minimum atomic E-state index is -3.77. The van der Waals surface area contributed by atoms with Crippen molar-refractivity contribution in [3.8, 4) is 0 Å². The second-order valence-electron chi connectivity index (χ2n) is 3.90. The second kappa shape index (κ2) is 5.38. The summed E-state index contributed by atoms with van der Waals surface area (Å²) in [5.41, 5.74) is 6.57. The molecule has 0 aliphatic rings. The van der Waals surface area contributed by atoms with Crippen molar-refractivity contribution in [2.24, 2.45) is 5.14 Å². The molecule has 0 aliphatic carbocycles. The van der Waals surface area contributed by atoms with E-state index >= 15 is 0 Å². The Morgan fingerprint density at radius 2 is 2.00 bits per heavy atom. The highest BCUT2D eigenvalue weighted by molar-refractivity contribution is 7.89. The Morgan fingerprint density at radius 1 is 1.26 bits per heavy atom. The molecule has 1 aromatic heterocycles. The number of nitrogens with two attached hydrogens (primary N) is 2. The van der Waals surface area contributed by atoms with Crippen LogP contribution in [0.1, 0.15) is 4.88 Å². The average Bonchev–Trinajstić information content (AvgIpc) is 2.71. The number of nitrogen functional groups attached to an aromatic ring is 1. The monoisotopic (exact) mass is 317 g/mol. The number of hydrogen-bond donors (Lipinski definition) is 3. The van der Waals surface area contributed by atoms with Gasteiger partial charge in [-0.1, -0.05) is 11.6 Å². The molecule has 0 fully saturated rings. The van der Waals surface area contributed by atoms with E-state index in [1.165, 1.54) is 23.5 Å². The minimum absolute atomic E-state index is 0.0146. The van der Waals surface area contributed by atoms with E-state index in [1.54, 1.807) is 12.1 Å². The van der Waals surface area contributed by atoms with Gasteiger partial charge in [0.05, 0.1) is 9.23 Å². The number of hydrogen-bond acceptors (Lipinski definition) is 5. The number of primary sulfonamides is 1. The van der Waals surface area contributed by atoms with Gasteiger partial charge in [-0.15, -0.1) is 11.3 Å². The van der Waals surface area contributed by atoms with Crippen LogP contribution in [-0.2, 0) is 16.6 Å². The van der Waals surface area contributed by atoms with E-state index in [0.717, 1.165) is 4.88 Å². The van der Waals surface area contributed by atoms with Gasteiger partial charge in [-0.25, -0.2) is 13.6 Å². The number of anilines is 2. The topological polar surface area (TPSA) is 98.2 Å². The van der Waals surface area contributed by atoms with E-state index in [2.05, 4.69) is 5.32 Å². The zero-order valence-corrected chi connectivity index (χ0v) is 12.1. The smallest absolute Gasteiger partial charge is 0.238 e. The maximum atomic E-state index is 11.3. The summed E-state index contributed by atoms with van der Waals surface area (Å²) in [6.07, 6.45) is 0. The lowest BCUT2D eigenvalue weighted by atomic mass is 10.3. The molecule has 0 unspecified atom stereocenters. The predicted molar refractivity (Wildman–Crippen MR) is 78.9 cm³/mol. The van der Waals surface area contributed by atoms with Gasteiger partial charge in [0.2, 0.25) is 10.0 Å². The van der Waals surface area contributed by atoms with Gasteiger partial charge in [0.25, 0.3) is 0 Å². The zero-order chi connectivity index (χ0) is 14.0. The maximum absolute atomic E-state index is 11.3. The van der Waals surface area contributed by atoms with Crippen LogP contribution in [0.2, 0.25) is 4.34 Å². The highest BCUT2D eigenvalue weighted by atomic mass is 35.5. The quantitative estimate of drug-likeness (QED) is 0.753. The fraction of sp³-hybridized carbons (Fsp3) is 0.0909. The van der Waals surface area contributed by atoms with Gasteiger partial charge in [0, 0.05) is 22.8 Å². The highest BCUT2D eigenvalue weighted by Crippen LogP contribution is 2.24. The average molecular weight is 318 g/mol. The van der Waals surface area contributed by atoms with E-state index in [-0.39, 0.29) is 4.90 Å². The molecule has 0 saturated heterocycles. The Labute approximate surface area is 120 Å². The van der Waals surface area contributed by atoms with Crippen molar-refractivity contribution in [1.29, 1.82) is 0 Å². The SMILES string of the molecule is Nc1cc(NCc2ccc(Cl)s2)cc(S(N)(=O)=O)c1. The molecule has 2 aromatic rings. The Balaban J connectivity index is 2.19. The molecule has 1 aromatic carbocycles. The van der Waals surface area contributed by atoms with Crippen molar-refractivity contribution in [1.82, 2.24) is 0 Å². The third kappa shape index (κ3) is 3.84. The summed E-state index contributed by atoms with van der Waals surface area (Å²) in [7, 11) is -3.77. The van der Waals surface area contributed by atoms with Crippen LogP contribution in [-0.4, -0.2) is 8.42 Å². The van der Waals surface area contributed by atoms with Gasteiger partial charge in [-0.2, -0.15) is 0 Å². The Bertz CT molecular complexity index is 698. The lowest BCUT2D eigenvalue weighted by Crippen LogP contribution is -2.13. The third-order valence-electron chi connectivity index (χ3n) is 2.35. The summed E-state index contributed by atoms with van der Waals surface area (Å²) >= 11 is 7.28. The lowest BCUT2D eigenvalue weighted by molar-refractivity contribution is 0.598. The van der Waals surface area contributed by atoms with Crippen LogP contribution in [0.15, 0.2) is 35.2 Å². The Hall–Kier alpha value is -1.28. The predicted octanol–water partition coefficient (Wildman–Crippen LogP) is 2.24. The molecule has 2 rings (SSSR count). The van der Waals surface area contributed by atoms with Crippen molar-refractivity contribution in [3.05, 3.63) is 39.5 Å². The molecule has 102 valence electrons. The molecule has 0 radical (unpaired) electrons. The zero-order valence-electron chi connectivity index (χ0n) is 9.76. The van der Waals surface area contributed by atoms with Gasteiger partial charge in [-0.3, -0.25) is 0 Å². The van der Waals surface area contributed by atoms with Crippen LogP contribution in [0.25, 0.3) is 0 Å². The first-order chi connectivity index (χ1) is 8.84. The normalized spacial score (nSPS) is 11.5. The highest BCUT2D eigenvalue weighted by Gasteiger charge is 2.10. The molecule has 5 N–H and O–H groups in total. The van der Waals surface area contributed by atoms with Crippen molar-refractivity contribution < 1.29 is 8.42 Å². The van der Waals surface area contributed by atoms with Crippen LogP contribution in [0.5, 0.6) is 0 Å². The van der Waals surface area contributed by atoms with Crippen LogP contribution in [0.4, 0.5) is 11.4 Å². The first-order valence-corrected chi connectivity index (χ1v) is 8.00. The van der Waals surface area contributed by atoms with E-state index in [0.29, 0.717) is 22.3 Å². The molecular formula is C11H12ClN3O2S2. The number of thiophene rings is 1. The first kappa shape index (κ1) is 14.1. The van der Waals surface area contributed by atoms with Crippen LogP contribution in [0.3, 0.4) is 0 Å². The molecule has 0 aliphatic heterocycles. The molecule has 0 atom stereocenters. The fourth-order valence-electron chi connectivity index (χ4n) is 1.52. The van der Waals surface area contributed by atoms with E-state index < -0.39 is 10.0 Å². The summed E-state index contributed by atoms with van der Waals surface area (Å²) in [5.74, 6) is 0. The molecule has 8 heteroatoms. The Kier molecular flexibility index (Phi) is 4.00. The molecular weight excluding hydrogens is 306 g/mol. The second-order valence-corrected chi connectivity index (χ2v) is 7.26. The fourth-order valence-corrected chi connectivity index (χ4v) is 3.14. The van der Waals surface area contributed by atoms with Crippen LogP contribution >= 0.6 is 22.9 Å². The number of nitrogens with one attached hydrogen (secondary N) is 1. The van der Waals surface area contributed by atoms with E-state index in [4.69, 9.17) is 22.5 Å². The maximum Gasteiger partial charge on any atom is 0.238 e. The first-order valence-electron chi connectivity index (χ1n) is 5.26. The molecule has 0 saturated carbocycles. The molecule has 0 spiro atoms. The van der Waals surface area contributed by atoms with Crippen molar-refractivity contribution in [2.45, 2.75) is 11.4 Å². The van der Waals surface area contributed by atoms with Crippen LogP contribution in [0, 0.1) is 0 Å². The number of benzene rings is 1. The third-order valence-corrected chi connectivity index (χ3v) is 4.48. The largest absolute Gasteiger partial charge is 0.399 e. The molecule has 0 amide bonds. The standard InChI is InChI=1S/C11H12ClN3O2S2/c12-11-2-1-9(18-11)6-15-8-3-7(13)4-10(5-8)19(14,16)17/h1-5,15H,6,13H2,(H2,14,16,17).